The Morgan fingerprint density at radius 1 is 0.935 bits per heavy atom. The normalized spacial score (nSPS) is 13.4. The van der Waals surface area contributed by atoms with Gasteiger partial charge in [0.15, 0.2) is 12.3 Å². The summed E-state index contributed by atoms with van der Waals surface area (Å²) in [6.45, 7) is -1.75. The maximum atomic E-state index is 13.2. The van der Waals surface area contributed by atoms with Crippen LogP contribution >= 0.6 is 0 Å². The summed E-state index contributed by atoms with van der Waals surface area (Å²) in [4.78, 5) is 30.7. The highest BCUT2D eigenvalue weighted by Crippen LogP contribution is 2.32. The summed E-state index contributed by atoms with van der Waals surface area (Å²) in [6.07, 6.45) is -3.99. The lowest BCUT2D eigenvalue weighted by atomic mass is 10.1. The van der Waals surface area contributed by atoms with Crippen molar-refractivity contribution in [2.75, 3.05) is 30.3 Å². The second kappa shape index (κ2) is 12.5. The number of carbonyl (C=O) groups excluding carboxylic acids is 2. The molecule has 14 heteroatoms. The van der Waals surface area contributed by atoms with E-state index in [1.54, 1.807) is 42.6 Å². The fraction of sp³-hybridized carbons (Fsp3) is 0.188. The second-order valence-corrected chi connectivity index (χ2v) is 10.6. The lowest BCUT2D eigenvalue weighted by Gasteiger charge is -2.34. The molecule has 0 aliphatic carbocycles. The van der Waals surface area contributed by atoms with E-state index in [1.165, 1.54) is 39.7 Å². The summed E-state index contributed by atoms with van der Waals surface area (Å²) >= 11 is 0. The van der Waals surface area contributed by atoms with Gasteiger partial charge in [0, 0.05) is 17.4 Å². The molecule has 0 bridgehead atoms. The number of alkyl halides is 4. The van der Waals surface area contributed by atoms with E-state index in [0.717, 1.165) is 11.1 Å². The van der Waals surface area contributed by atoms with E-state index in [0.29, 0.717) is 16.9 Å². The first kappa shape index (κ1) is 30.5. The first-order valence-corrected chi connectivity index (χ1v) is 14.0. The van der Waals surface area contributed by atoms with Crippen LogP contribution in [-0.2, 0) is 11.2 Å². The third kappa shape index (κ3) is 7.22. The fourth-order valence-corrected chi connectivity index (χ4v) is 4.78. The zero-order valence-corrected chi connectivity index (χ0v) is 23.9. The number of carbonyl (C=O) groups is 2. The smallest absolute Gasteiger partial charge is 0.422 e. The average Bonchev–Trinajstić information content (AvgIpc) is 3.41. The van der Waals surface area contributed by atoms with Gasteiger partial charge in [-0.05, 0) is 71.3 Å². The number of nitrogens with zero attached hydrogens (tertiary/aromatic N) is 4. The standard InChI is InChI=1S/C32H25F5N6O3/c33-23-6-1-19(2-7-23)13-29(44)38-25-8-3-20(4-9-25)21-11-12-43-28(15-21)40-31(41-43)39-26-10-5-22(30(45)42-16-24(34)17-42)14-27(26)46-18-32(35,36)37/h1-12,14-15,24H,13,16-18H2,(H,38,44)(H,39,41). The molecule has 1 fully saturated rings. The largest absolute Gasteiger partial charge is 0.482 e. The van der Waals surface area contributed by atoms with Gasteiger partial charge >= 0.3 is 6.18 Å². The zero-order chi connectivity index (χ0) is 32.4. The van der Waals surface area contributed by atoms with Gasteiger partial charge in [0.05, 0.1) is 25.2 Å². The van der Waals surface area contributed by atoms with Gasteiger partial charge in [-0.1, -0.05) is 24.3 Å². The van der Waals surface area contributed by atoms with Crippen LogP contribution in [-0.4, -0.2) is 63.4 Å². The van der Waals surface area contributed by atoms with E-state index < -0.39 is 24.9 Å². The Bertz CT molecular complexity index is 1890. The molecule has 236 valence electrons. The number of benzene rings is 3. The van der Waals surface area contributed by atoms with Gasteiger partial charge in [0.2, 0.25) is 11.9 Å². The minimum Gasteiger partial charge on any atom is -0.482 e. The molecule has 9 nitrogen and oxygen atoms in total. The topological polar surface area (TPSA) is 101 Å². The van der Waals surface area contributed by atoms with E-state index in [1.807, 2.05) is 12.1 Å². The Hall–Kier alpha value is -5.53. The number of nitrogens with one attached hydrogen (secondary N) is 2. The highest BCUT2D eigenvalue weighted by atomic mass is 19.4. The number of likely N-dealkylation sites (tertiary alicyclic amines) is 1. The van der Waals surface area contributed by atoms with Gasteiger partial charge in [-0.3, -0.25) is 9.59 Å². The number of halogens is 5. The second-order valence-electron chi connectivity index (χ2n) is 10.6. The molecular formula is C32H25F5N6O3. The molecule has 0 spiro atoms. The van der Waals surface area contributed by atoms with Crippen LogP contribution < -0.4 is 15.4 Å². The first-order valence-electron chi connectivity index (χ1n) is 14.0. The molecule has 2 aromatic heterocycles. The summed E-state index contributed by atoms with van der Waals surface area (Å²) in [6, 6.07) is 20.3. The monoisotopic (exact) mass is 636 g/mol. The summed E-state index contributed by atoms with van der Waals surface area (Å²) in [5.41, 5.74) is 3.46. The van der Waals surface area contributed by atoms with Crippen molar-refractivity contribution < 1.29 is 36.3 Å². The molecule has 2 amide bonds. The molecule has 0 saturated carbocycles. The Morgan fingerprint density at radius 2 is 1.67 bits per heavy atom. The molecule has 1 aliphatic rings. The predicted octanol–water partition coefficient (Wildman–Crippen LogP) is 6.20. The third-order valence-electron chi connectivity index (χ3n) is 7.11. The molecular weight excluding hydrogens is 611 g/mol. The summed E-state index contributed by atoms with van der Waals surface area (Å²) in [5.74, 6) is -1.32. The van der Waals surface area contributed by atoms with Crippen LogP contribution in [0.4, 0.5) is 39.3 Å². The van der Waals surface area contributed by atoms with Gasteiger partial charge in [-0.25, -0.2) is 13.3 Å². The number of aromatic nitrogens is 3. The molecule has 1 aliphatic heterocycles. The molecule has 6 rings (SSSR count). The van der Waals surface area contributed by atoms with Crippen molar-refractivity contribution in [3.63, 3.8) is 0 Å². The van der Waals surface area contributed by atoms with Gasteiger partial charge < -0.3 is 20.3 Å². The number of hydrogen-bond donors (Lipinski definition) is 2. The van der Waals surface area contributed by atoms with Gasteiger partial charge in [0.1, 0.15) is 17.7 Å². The van der Waals surface area contributed by atoms with Gasteiger partial charge in [-0.2, -0.15) is 18.2 Å². The van der Waals surface area contributed by atoms with Crippen molar-refractivity contribution in [2.45, 2.75) is 18.8 Å². The lowest BCUT2D eigenvalue weighted by molar-refractivity contribution is -0.153. The number of fused-ring (bicyclic) bond motifs is 1. The fourth-order valence-electron chi connectivity index (χ4n) is 4.78. The van der Waals surface area contributed by atoms with E-state index in [4.69, 9.17) is 4.74 Å². The minimum atomic E-state index is -4.62. The summed E-state index contributed by atoms with van der Waals surface area (Å²) < 4.78 is 71.7. The van der Waals surface area contributed by atoms with E-state index >= 15 is 0 Å². The van der Waals surface area contributed by atoms with Crippen LogP contribution in [0.3, 0.4) is 0 Å². The van der Waals surface area contributed by atoms with Crippen molar-refractivity contribution in [3.05, 3.63) is 102 Å². The number of rotatable bonds is 9. The van der Waals surface area contributed by atoms with Crippen LogP contribution in [0.15, 0.2) is 85.1 Å². The molecule has 3 aromatic carbocycles. The average molecular weight is 637 g/mol. The molecule has 0 atom stereocenters. The Kier molecular flexibility index (Phi) is 8.26. The van der Waals surface area contributed by atoms with Crippen LogP contribution in [0.5, 0.6) is 5.75 Å². The van der Waals surface area contributed by atoms with Crippen molar-refractivity contribution in [1.82, 2.24) is 19.5 Å². The Labute approximate surface area is 258 Å². The summed E-state index contributed by atoms with van der Waals surface area (Å²) in [5, 5.41) is 9.99. The predicted molar refractivity (Wildman–Crippen MR) is 159 cm³/mol. The number of anilines is 3. The molecule has 3 heterocycles. The van der Waals surface area contributed by atoms with Crippen LogP contribution in [0, 0.1) is 5.82 Å². The van der Waals surface area contributed by atoms with E-state index in [-0.39, 0.29) is 54.2 Å². The van der Waals surface area contributed by atoms with Gasteiger partial charge in [0.25, 0.3) is 5.91 Å². The summed E-state index contributed by atoms with van der Waals surface area (Å²) in [7, 11) is 0. The third-order valence-corrected chi connectivity index (χ3v) is 7.11. The molecule has 1 saturated heterocycles. The van der Waals surface area contributed by atoms with E-state index in [9.17, 15) is 31.5 Å². The van der Waals surface area contributed by atoms with Crippen molar-refractivity contribution in [3.8, 4) is 16.9 Å². The SMILES string of the molecule is O=C(Cc1ccc(F)cc1)Nc1ccc(-c2ccn3nc(Nc4ccc(C(=O)N5CC(F)C5)cc4OCC(F)(F)F)nc3c2)cc1. The maximum Gasteiger partial charge on any atom is 0.422 e. The molecule has 46 heavy (non-hydrogen) atoms. The van der Waals surface area contributed by atoms with Gasteiger partial charge in [-0.15, -0.1) is 5.10 Å². The lowest BCUT2D eigenvalue weighted by Crippen LogP contribution is -2.51. The molecule has 0 radical (unpaired) electrons. The van der Waals surface area contributed by atoms with Crippen molar-refractivity contribution in [1.29, 1.82) is 0 Å². The highest BCUT2D eigenvalue weighted by Gasteiger charge is 2.32. The maximum absolute atomic E-state index is 13.2. The first-order chi connectivity index (χ1) is 22.0. The van der Waals surface area contributed by atoms with Crippen molar-refractivity contribution in [2.24, 2.45) is 0 Å². The number of amides is 2. The number of ether oxygens (including phenoxy) is 1. The zero-order valence-electron chi connectivity index (χ0n) is 23.9. The number of pyridine rings is 1. The quantitative estimate of drug-likeness (QED) is 0.187. The minimum absolute atomic E-state index is 0.0562. The van der Waals surface area contributed by atoms with Crippen LogP contribution in [0.2, 0.25) is 0 Å². The molecule has 2 N–H and O–H groups in total. The molecule has 0 unspecified atom stereocenters. The van der Waals surface area contributed by atoms with Crippen LogP contribution in [0.1, 0.15) is 15.9 Å². The van der Waals surface area contributed by atoms with E-state index in [2.05, 4.69) is 20.7 Å². The highest BCUT2D eigenvalue weighted by molar-refractivity contribution is 5.96. The Morgan fingerprint density at radius 3 is 2.37 bits per heavy atom. The molecule has 5 aromatic rings. The Balaban J connectivity index is 1.16. The van der Waals surface area contributed by atoms with Crippen molar-refractivity contribution >= 4 is 34.8 Å². The number of hydrogen-bond acceptors (Lipinski definition) is 6. The van der Waals surface area contributed by atoms with Crippen LogP contribution in [0.25, 0.3) is 16.8 Å².